The average molecular weight is 1340 g/mol. The Kier molecular flexibility index (Phi) is 39.5. The second kappa shape index (κ2) is 44.1. The van der Waals surface area contributed by atoms with Gasteiger partial charge >= 0.3 is 0 Å². The fourth-order valence-electron chi connectivity index (χ4n) is 11.0. The van der Waals surface area contributed by atoms with Crippen molar-refractivity contribution in [3.8, 4) is 0 Å². The van der Waals surface area contributed by atoms with Gasteiger partial charge in [0.1, 0.15) is 41.4 Å². The topological polar surface area (TPSA) is 440 Å². The molecular formula is C65H116N11O16S+. The number of nitrogens with two attached hydrogens (primary N) is 2. The van der Waals surface area contributed by atoms with Gasteiger partial charge in [0.05, 0.1) is 76.7 Å². The summed E-state index contributed by atoms with van der Waals surface area (Å²) in [5.74, 6) is -10.8. The summed E-state index contributed by atoms with van der Waals surface area (Å²) in [5, 5.41) is 83.7. The van der Waals surface area contributed by atoms with E-state index in [2.05, 4.69) is 75.8 Å². The molecule has 93 heavy (non-hydrogen) atoms. The average Bonchev–Trinajstić information content (AvgIpc) is 1.74. The Bertz CT molecular complexity index is 2430. The number of rotatable bonds is 40. The largest absolute Gasteiger partial charge is 0.393 e. The highest BCUT2D eigenvalue weighted by Crippen LogP contribution is 2.26. The number of nitrogens with one attached hydrogen (secondary N) is 8. The maximum Gasteiger partial charge on any atom is 0.268 e. The number of carbonyl (C=O) groups is 10. The summed E-state index contributed by atoms with van der Waals surface area (Å²) in [6, 6.07) is -7.52. The van der Waals surface area contributed by atoms with Crippen molar-refractivity contribution in [2.24, 2.45) is 23.3 Å². The highest BCUT2D eigenvalue weighted by molar-refractivity contribution is 7.99. The highest BCUT2D eigenvalue weighted by Gasteiger charge is 2.48. The van der Waals surface area contributed by atoms with Gasteiger partial charge in [-0.05, 0) is 110 Å². The zero-order chi connectivity index (χ0) is 69.8. The summed E-state index contributed by atoms with van der Waals surface area (Å²) in [7, 11) is 6.36. The molecule has 14 atom stereocenters. The molecule has 10 amide bonds. The number of hydrogen-bond acceptors (Lipinski definition) is 17. The number of thioether (sulfide) groups is 1. The van der Waals surface area contributed by atoms with E-state index in [4.69, 9.17) is 11.5 Å². The van der Waals surface area contributed by atoms with Crippen molar-refractivity contribution in [2.45, 2.75) is 268 Å². The molecule has 1 spiro atoms. The Hall–Kier alpha value is -5.75. The van der Waals surface area contributed by atoms with E-state index in [1.54, 1.807) is 13.8 Å². The molecule has 0 aliphatic carbocycles. The number of amides is 10. The molecule has 2 heterocycles. The van der Waals surface area contributed by atoms with Gasteiger partial charge < -0.3 is 89.1 Å². The Morgan fingerprint density at radius 1 is 0.667 bits per heavy atom. The van der Waals surface area contributed by atoms with E-state index in [1.165, 1.54) is 26.8 Å². The third kappa shape index (κ3) is 34.0. The van der Waals surface area contributed by atoms with Crippen LogP contribution in [0.25, 0.3) is 0 Å². The molecule has 18 N–H and O–H groups in total. The maximum atomic E-state index is 15.1. The van der Waals surface area contributed by atoms with Crippen LogP contribution in [-0.2, 0) is 47.9 Å². The van der Waals surface area contributed by atoms with Crippen LogP contribution in [0.4, 0.5) is 0 Å². The number of aliphatic hydroxyl groups is 6. The van der Waals surface area contributed by atoms with E-state index in [9.17, 15) is 73.8 Å². The Balaban J connectivity index is 1.96. The smallest absolute Gasteiger partial charge is 0.268 e. The number of nitrogens with zero attached hydrogens (tertiary/aromatic N) is 1. The summed E-state index contributed by atoms with van der Waals surface area (Å²) in [4.78, 5) is 137. The lowest BCUT2D eigenvalue weighted by Gasteiger charge is -2.38. The fourth-order valence-corrected chi connectivity index (χ4v) is 12.1. The van der Waals surface area contributed by atoms with Crippen LogP contribution < -0.4 is 54.0 Å². The van der Waals surface area contributed by atoms with Crippen LogP contribution in [0.15, 0.2) is 23.9 Å². The third-order valence-electron chi connectivity index (χ3n) is 17.0. The minimum Gasteiger partial charge on any atom is -0.393 e. The van der Waals surface area contributed by atoms with Gasteiger partial charge in [-0.25, -0.2) is 0 Å². The normalized spacial score (nSPS) is 23.3. The lowest BCUT2D eigenvalue weighted by atomic mass is 9.88. The van der Waals surface area contributed by atoms with Crippen LogP contribution in [0.5, 0.6) is 0 Å². The lowest BCUT2D eigenvalue weighted by Crippen LogP contribution is -2.68. The first-order valence-electron chi connectivity index (χ1n) is 33.6. The van der Waals surface area contributed by atoms with Gasteiger partial charge in [0.25, 0.3) is 5.91 Å². The number of quaternary nitrogens is 1. The predicted molar refractivity (Wildman–Crippen MR) is 354 cm³/mol. The van der Waals surface area contributed by atoms with Crippen LogP contribution in [-0.4, -0.2) is 212 Å². The quantitative estimate of drug-likeness (QED) is 0.0173. The fraction of sp³-hybridized carbons (Fsp3) is 0.785. The lowest BCUT2D eigenvalue weighted by molar-refractivity contribution is -0.870. The van der Waals surface area contributed by atoms with Crippen LogP contribution >= 0.6 is 11.8 Å². The zero-order valence-electron chi connectivity index (χ0n) is 56.5. The molecule has 28 heteroatoms. The van der Waals surface area contributed by atoms with E-state index in [0.29, 0.717) is 32.1 Å². The second-order valence-corrected chi connectivity index (χ2v) is 27.7. The number of aliphatic hydroxyl groups excluding tert-OH is 6. The molecule has 2 rings (SSSR count). The third-order valence-corrected chi connectivity index (χ3v) is 18.2. The van der Waals surface area contributed by atoms with Crippen molar-refractivity contribution in [2.75, 3.05) is 45.7 Å². The van der Waals surface area contributed by atoms with Gasteiger partial charge in [-0.1, -0.05) is 90.4 Å². The van der Waals surface area contributed by atoms with Gasteiger partial charge in [-0.2, -0.15) is 11.8 Å². The van der Waals surface area contributed by atoms with Crippen LogP contribution in [0.1, 0.15) is 195 Å². The van der Waals surface area contributed by atoms with E-state index in [1.807, 2.05) is 0 Å². The summed E-state index contributed by atoms with van der Waals surface area (Å²) >= 11 is 1.03. The molecule has 0 aromatic carbocycles. The van der Waals surface area contributed by atoms with Gasteiger partial charge in [0.2, 0.25) is 53.2 Å². The first-order valence-corrected chi connectivity index (χ1v) is 34.7. The SMILES string of the molecule is C/C=C1/NC(=O)C(NC(=O)[C@H](C)NC(=O)C(C)C(O)CCCCCCC/C=C\CCCCCCC(O)CC(O)CC(O)CC(O)CC(O)CCCC[N+](C)(C)C)CC2(CSCCNC(=O)[C@H](CC(N)=O)NC(=O)[C@H](CCC(N)=O)NC2=O)NC(=O)[C@H]([C@@H](C)CC)NC1=O. The van der Waals surface area contributed by atoms with Crippen LogP contribution in [0, 0.1) is 11.8 Å². The molecule has 9 unspecified atom stereocenters. The Morgan fingerprint density at radius 2 is 1.22 bits per heavy atom. The summed E-state index contributed by atoms with van der Waals surface area (Å²) in [6.07, 6.45) is 12.5. The predicted octanol–water partition coefficient (Wildman–Crippen LogP) is 0.625. The number of primary amides is 2. The number of hydrogen-bond donors (Lipinski definition) is 16. The van der Waals surface area contributed by atoms with E-state index < -0.39 is 169 Å². The van der Waals surface area contributed by atoms with E-state index in [0.717, 1.165) is 99.8 Å². The molecule has 0 saturated carbocycles. The van der Waals surface area contributed by atoms with Gasteiger partial charge in [-0.3, -0.25) is 47.9 Å². The standard InChI is InChI=1S/C65H115N11O16S/c1-9-41(3)56-63(91)75-65(40-93-33-31-68-59(87)51(38-55(67)84)71-61(89)50(73-64(65)92)29-30-54(66)83)39-52(62(90)70-49(10-2)60(88)74-56)72-58(86)43(5)69-57(85)42(4)53(82)28-23-21-19-17-15-13-11-12-14-16-18-20-22-26-44(77)34-46(79)36-48(81)37-47(80)35-45(78)27-24-25-32-76(6,7)8/h10-12,41-48,50-53,56,77-82H,9,13-40H2,1-8H3,(H11-,66,67,68,69,70,71,72,73,74,75,83,84,85,86,87,88,89,90,91,92)/p+1/b12-11-,49-10+/t41-,42?,43-,44?,45?,46?,47?,48?,50-,51-,52?,53?,56-,65?/m0/s1. The molecular weight excluding hydrogens is 1220 g/mol. The summed E-state index contributed by atoms with van der Waals surface area (Å²) in [6.45, 7) is 8.69. The summed E-state index contributed by atoms with van der Waals surface area (Å²) in [5.41, 5.74) is 8.32. The molecule has 2 aliphatic heterocycles. The molecule has 27 nitrogen and oxygen atoms in total. The van der Waals surface area contributed by atoms with Crippen molar-refractivity contribution >= 4 is 70.8 Å². The van der Waals surface area contributed by atoms with Crippen LogP contribution in [0.2, 0.25) is 0 Å². The van der Waals surface area contributed by atoms with Crippen molar-refractivity contribution in [1.29, 1.82) is 0 Å². The van der Waals surface area contributed by atoms with E-state index >= 15 is 4.79 Å². The molecule has 0 bridgehead atoms. The monoisotopic (exact) mass is 1340 g/mol. The van der Waals surface area contributed by atoms with E-state index in [-0.39, 0.29) is 49.4 Å². The van der Waals surface area contributed by atoms with Crippen molar-refractivity contribution in [3.05, 3.63) is 23.9 Å². The number of allylic oxidation sites excluding steroid dienone is 3. The van der Waals surface area contributed by atoms with Gasteiger partial charge in [0, 0.05) is 30.9 Å². The molecule has 0 aromatic rings. The van der Waals surface area contributed by atoms with Crippen molar-refractivity contribution in [3.63, 3.8) is 0 Å². The van der Waals surface area contributed by atoms with Crippen LogP contribution in [0.3, 0.4) is 0 Å². The molecule has 2 fully saturated rings. The number of carbonyl (C=O) groups excluding carboxylic acids is 10. The minimum absolute atomic E-state index is 0.0532. The second-order valence-electron chi connectivity index (χ2n) is 26.6. The van der Waals surface area contributed by atoms with Crippen molar-refractivity contribution in [1.82, 2.24) is 42.5 Å². The highest BCUT2D eigenvalue weighted by atomic mass is 32.2. The molecule has 0 aromatic heterocycles. The Morgan fingerprint density at radius 3 is 1.76 bits per heavy atom. The Labute approximate surface area is 554 Å². The molecule has 532 valence electrons. The summed E-state index contributed by atoms with van der Waals surface area (Å²) < 4.78 is 0.855. The van der Waals surface area contributed by atoms with Gasteiger partial charge in [-0.15, -0.1) is 0 Å². The maximum absolute atomic E-state index is 15.1. The molecule has 2 aliphatic rings. The minimum atomic E-state index is -2.22. The number of unbranched alkanes of at least 4 members (excludes halogenated alkanes) is 10. The van der Waals surface area contributed by atoms with Gasteiger partial charge in [0.15, 0.2) is 0 Å². The molecule has 2 saturated heterocycles. The molecule has 0 radical (unpaired) electrons. The zero-order valence-corrected chi connectivity index (χ0v) is 57.3. The first kappa shape index (κ1) is 83.3. The van der Waals surface area contributed by atoms with Crippen molar-refractivity contribution < 1.29 is 83.1 Å². The first-order chi connectivity index (χ1) is 43.8.